The summed E-state index contributed by atoms with van der Waals surface area (Å²) in [5.74, 6) is -1.21. The maximum absolute atomic E-state index is 12.7. The van der Waals surface area contributed by atoms with Gasteiger partial charge in [0.15, 0.2) is 6.10 Å². The topological polar surface area (TPSA) is 123 Å². The van der Waals surface area contributed by atoms with Crippen LogP contribution in [-0.2, 0) is 14.8 Å². The number of morpholine rings is 1. The predicted molar refractivity (Wildman–Crippen MR) is 71.3 cm³/mol. The van der Waals surface area contributed by atoms with E-state index in [2.05, 4.69) is 4.98 Å². The molecule has 21 heavy (non-hydrogen) atoms. The van der Waals surface area contributed by atoms with Crippen LogP contribution in [0.2, 0.25) is 0 Å². The van der Waals surface area contributed by atoms with Crippen LogP contribution < -0.4 is 0 Å². The molecule has 1 atom stereocenters. The van der Waals surface area contributed by atoms with Crippen molar-refractivity contribution in [1.82, 2.24) is 9.29 Å². The van der Waals surface area contributed by atoms with Gasteiger partial charge in [0.05, 0.1) is 19.2 Å². The van der Waals surface area contributed by atoms with Gasteiger partial charge in [0, 0.05) is 17.8 Å². The highest BCUT2D eigenvalue weighted by Gasteiger charge is 2.35. The highest BCUT2D eigenvalue weighted by molar-refractivity contribution is 7.89. The molecule has 1 aliphatic rings. The van der Waals surface area contributed by atoms with E-state index in [1.807, 2.05) is 6.07 Å². The number of carbonyl (C=O) groups is 1. The fraction of sp³-hybridized carbons (Fsp3) is 0.500. The molecule has 1 aromatic heterocycles. The first kappa shape index (κ1) is 15.5. The fourth-order valence-corrected chi connectivity index (χ4v) is 4.22. The molecule has 1 aliphatic heterocycles. The highest BCUT2D eigenvalue weighted by atomic mass is 32.2. The highest BCUT2D eigenvalue weighted by Crippen LogP contribution is 2.27. The van der Waals surface area contributed by atoms with E-state index < -0.39 is 22.1 Å². The van der Waals surface area contributed by atoms with E-state index in [4.69, 9.17) is 15.1 Å². The van der Waals surface area contributed by atoms with Gasteiger partial charge in [0.1, 0.15) is 10.6 Å². The Labute approximate surface area is 122 Å². The summed E-state index contributed by atoms with van der Waals surface area (Å²) in [6.07, 6.45) is -0.813. The Kier molecular flexibility index (Phi) is 4.04. The third kappa shape index (κ3) is 2.65. The van der Waals surface area contributed by atoms with Gasteiger partial charge in [-0.15, -0.1) is 0 Å². The number of carboxylic acid groups (broad SMARTS) is 1. The van der Waals surface area contributed by atoms with Crippen molar-refractivity contribution in [2.75, 3.05) is 19.7 Å². The maximum atomic E-state index is 12.7. The first-order chi connectivity index (χ1) is 9.78. The van der Waals surface area contributed by atoms with E-state index in [0.717, 1.165) is 4.31 Å². The minimum Gasteiger partial charge on any atom is -0.477 e. The van der Waals surface area contributed by atoms with Crippen LogP contribution in [0.1, 0.15) is 21.7 Å². The number of carboxylic acids is 1. The number of ether oxygens (including phenoxy) is 1. The Morgan fingerprint density at radius 1 is 1.52 bits per heavy atom. The number of hydrogen-bond acceptors (Lipinski definition) is 5. The summed E-state index contributed by atoms with van der Waals surface area (Å²) in [7, 11) is -3.87. The molecule has 9 heteroatoms. The van der Waals surface area contributed by atoms with Crippen molar-refractivity contribution in [3.8, 4) is 6.07 Å². The van der Waals surface area contributed by atoms with Gasteiger partial charge in [-0.2, -0.15) is 9.57 Å². The van der Waals surface area contributed by atoms with Crippen LogP contribution in [0, 0.1) is 25.2 Å². The average molecular weight is 313 g/mol. The van der Waals surface area contributed by atoms with E-state index >= 15 is 0 Å². The first-order valence-corrected chi connectivity index (χ1v) is 7.67. The van der Waals surface area contributed by atoms with Crippen molar-refractivity contribution in [2.24, 2.45) is 0 Å². The lowest BCUT2D eigenvalue weighted by atomic mass is 10.2. The minimum absolute atomic E-state index is 0.0431. The smallest absolute Gasteiger partial charge is 0.352 e. The average Bonchev–Trinajstić information content (AvgIpc) is 2.74. The van der Waals surface area contributed by atoms with Crippen LogP contribution >= 0.6 is 0 Å². The van der Waals surface area contributed by atoms with Crippen LogP contribution in [0.15, 0.2) is 4.90 Å². The van der Waals surface area contributed by atoms with Crippen LogP contribution in [0.4, 0.5) is 0 Å². The molecule has 0 saturated carbocycles. The van der Waals surface area contributed by atoms with Gasteiger partial charge in [-0.3, -0.25) is 0 Å². The lowest BCUT2D eigenvalue weighted by Gasteiger charge is -2.29. The Morgan fingerprint density at radius 3 is 2.71 bits per heavy atom. The van der Waals surface area contributed by atoms with Crippen LogP contribution in [0.25, 0.3) is 0 Å². The summed E-state index contributed by atoms with van der Waals surface area (Å²) < 4.78 is 31.6. The zero-order chi connectivity index (χ0) is 15.8. The fourth-order valence-electron chi connectivity index (χ4n) is 2.38. The van der Waals surface area contributed by atoms with Gasteiger partial charge in [0.2, 0.25) is 10.0 Å². The van der Waals surface area contributed by atoms with E-state index in [9.17, 15) is 13.2 Å². The van der Waals surface area contributed by atoms with Gasteiger partial charge in [-0.1, -0.05) is 0 Å². The quantitative estimate of drug-likeness (QED) is 0.824. The summed E-state index contributed by atoms with van der Waals surface area (Å²) in [6.45, 7) is 3.15. The molecular formula is C12H15N3O5S. The molecule has 0 aliphatic carbocycles. The number of aromatic nitrogens is 1. The Morgan fingerprint density at radius 2 is 2.19 bits per heavy atom. The zero-order valence-corrected chi connectivity index (χ0v) is 12.4. The number of nitrogens with one attached hydrogen (secondary N) is 1. The standard InChI is InChI=1S/C12H15N3O5S/c1-7-10(12(16)17)14-8(2)11(7)21(18,19)15-3-4-20-9(5-13)6-15/h9,14H,3-4,6H2,1-2H3,(H,16,17). The maximum Gasteiger partial charge on any atom is 0.352 e. The number of nitrogens with zero attached hydrogens (tertiary/aromatic N) is 2. The predicted octanol–water partition coefficient (Wildman–Crippen LogP) is 0.243. The van der Waals surface area contributed by atoms with Gasteiger partial charge in [-0.25, -0.2) is 13.2 Å². The molecular weight excluding hydrogens is 298 g/mol. The lowest BCUT2D eigenvalue weighted by Crippen LogP contribution is -2.45. The Balaban J connectivity index is 2.45. The molecule has 0 aromatic carbocycles. The summed E-state index contributed by atoms with van der Waals surface area (Å²) in [4.78, 5) is 13.6. The molecule has 1 unspecified atom stereocenters. The van der Waals surface area contributed by atoms with E-state index in [0.29, 0.717) is 0 Å². The minimum atomic E-state index is -3.87. The van der Waals surface area contributed by atoms with Crippen molar-refractivity contribution < 1.29 is 23.1 Å². The number of rotatable bonds is 3. The first-order valence-electron chi connectivity index (χ1n) is 6.23. The number of hydrogen-bond donors (Lipinski definition) is 2. The summed E-state index contributed by atoms with van der Waals surface area (Å²) in [5.41, 5.74) is 0.293. The lowest BCUT2D eigenvalue weighted by molar-refractivity contribution is 0.0311. The zero-order valence-electron chi connectivity index (χ0n) is 11.6. The molecule has 8 nitrogen and oxygen atoms in total. The molecule has 2 rings (SSSR count). The van der Waals surface area contributed by atoms with Gasteiger partial charge >= 0.3 is 5.97 Å². The van der Waals surface area contributed by atoms with E-state index in [1.54, 1.807) is 0 Å². The van der Waals surface area contributed by atoms with Crippen molar-refractivity contribution in [2.45, 2.75) is 24.8 Å². The van der Waals surface area contributed by atoms with Gasteiger partial charge in [-0.05, 0) is 13.8 Å². The number of nitriles is 1. The van der Waals surface area contributed by atoms with Gasteiger partial charge < -0.3 is 14.8 Å². The second kappa shape index (κ2) is 5.48. The molecule has 0 bridgehead atoms. The molecule has 1 fully saturated rings. The van der Waals surface area contributed by atoms with Crippen LogP contribution in [0.5, 0.6) is 0 Å². The summed E-state index contributed by atoms with van der Waals surface area (Å²) in [5, 5.41) is 17.9. The number of aromatic amines is 1. The van der Waals surface area contributed by atoms with E-state index in [-0.39, 0.29) is 41.5 Å². The molecule has 114 valence electrons. The Hall–Kier alpha value is -1.89. The van der Waals surface area contributed by atoms with E-state index in [1.165, 1.54) is 13.8 Å². The molecule has 0 amide bonds. The van der Waals surface area contributed by atoms with Crippen molar-refractivity contribution in [3.63, 3.8) is 0 Å². The second-order valence-corrected chi connectivity index (χ2v) is 6.61. The monoisotopic (exact) mass is 313 g/mol. The normalized spacial score (nSPS) is 20.1. The molecule has 2 heterocycles. The largest absolute Gasteiger partial charge is 0.477 e. The SMILES string of the molecule is Cc1[nH]c(C(=O)O)c(C)c1S(=O)(=O)N1CCOC(C#N)C1. The van der Waals surface area contributed by atoms with Gasteiger partial charge in [0.25, 0.3) is 0 Å². The molecule has 1 saturated heterocycles. The molecule has 1 aromatic rings. The van der Waals surface area contributed by atoms with Crippen LogP contribution in [0.3, 0.4) is 0 Å². The number of aryl methyl sites for hydroxylation is 1. The summed E-state index contributed by atoms with van der Waals surface area (Å²) in [6, 6.07) is 1.88. The van der Waals surface area contributed by atoms with Crippen molar-refractivity contribution in [1.29, 1.82) is 5.26 Å². The number of H-pyrrole nitrogens is 1. The second-order valence-electron chi connectivity index (χ2n) is 4.74. The third-order valence-electron chi connectivity index (χ3n) is 3.35. The third-order valence-corrected chi connectivity index (χ3v) is 5.49. The molecule has 2 N–H and O–H groups in total. The van der Waals surface area contributed by atoms with Crippen molar-refractivity contribution >= 4 is 16.0 Å². The molecule has 0 spiro atoms. The molecule has 0 radical (unpaired) electrons. The Bertz CT molecular complexity index is 716. The summed E-state index contributed by atoms with van der Waals surface area (Å²) >= 11 is 0. The number of aromatic carboxylic acids is 1. The number of sulfonamides is 1. The van der Waals surface area contributed by atoms with Crippen molar-refractivity contribution in [3.05, 3.63) is 17.0 Å². The van der Waals surface area contributed by atoms with Crippen LogP contribution in [-0.4, -0.2) is 54.6 Å².